The summed E-state index contributed by atoms with van der Waals surface area (Å²) in [6.07, 6.45) is 0. The Balaban J connectivity index is 1.50. The zero-order valence-electron chi connectivity index (χ0n) is 14.2. The predicted octanol–water partition coefficient (Wildman–Crippen LogP) is 4.48. The van der Waals surface area contributed by atoms with Gasteiger partial charge in [-0.05, 0) is 43.3 Å². The molecule has 2 aromatic carbocycles. The Morgan fingerprint density at radius 2 is 1.74 bits per heavy atom. The minimum Gasteiger partial charge on any atom is -0.325 e. The number of thioether (sulfide) groups is 1. The quantitative estimate of drug-likeness (QED) is 0.455. The summed E-state index contributed by atoms with van der Waals surface area (Å²) in [5.41, 5.74) is 2.35. The van der Waals surface area contributed by atoms with Crippen molar-refractivity contribution in [3.63, 3.8) is 0 Å². The monoisotopic (exact) mass is 418 g/mol. The zero-order chi connectivity index (χ0) is 19.2. The number of aromatic nitrogens is 2. The van der Waals surface area contributed by atoms with Crippen LogP contribution >= 0.6 is 34.7 Å². The number of hydrogen-bond acceptors (Lipinski definition) is 6. The van der Waals surface area contributed by atoms with Crippen LogP contribution in [0.1, 0.15) is 15.9 Å². The van der Waals surface area contributed by atoms with Crippen molar-refractivity contribution in [2.75, 3.05) is 16.4 Å². The molecule has 138 valence electrons. The number of anilines is 2. The van der Waals surface area contributed by atoms with Crippen LogP contribution in [0, 0.1) is 6.92 Å². The highest BCUT2D eigenvalue weighted by atomic mass is 35.5. The molecule has 0 unspecified atom stereocenters. The molecule has 0 aliphatic heterocycles. The van der Waals surface area contributed by atoms with Gasteiger partial charge in [0.1, 0.15) is 0 Å². The van der Waals surface area contributed by atoms with E-state index in [2.05, 4.69) is 20.8 Å². The summed E-state index contributed by atoms with van der Waals surface area (Å²) < 4.78 is 0.598. The summed E-state index contributed by atoms with van der Waals surface area (Å²) in [5.74, 6) is -0.226. The highest BCUT2D eigenvalue weighted by Crippen LogP contribution is 2.26. The summed E-state index contributed by atoms with van der Waals surface area (Å²) in [4.78, 5) is 24.2. The van der Waals surface area contributed by atoms with Crippen molar-refractivity contribution < 1.29 is 9.59 Å². The molecule has 0 atom stereocenters. The number of halogens is 1. The van der Waals surface area contributed by atoms with E-state index in [9.17, 15) is 9.59 Å². The highest BCUT2D eigenvalue weighted by molar-refractivity contribution is 8.01. The minimum absolute atomic E-state index is 0.134. The average Bonchev–Trinajstić information content (AvgIpc) is 3.10. The summed E-state index contributed by atoms with van der Waals surface area (Å²) in [6, 6.07) is 14.1. The molecular weight excluding hydrogens is 404 g/mol. The summed E-state index contributed by atoms with van der Waals surface area (Å²) in [5, 5.41) is 14.3. The van der Waals surface area contributed by atoms with E-state index < -0.39 is 0 Å². The van der Waals surface area contributed by atoms with Crippen LogP contribution in [-0.2, 0) is 4.79 Å². The average molecular weight is 419 g/mol. The summed E-state index contributed by atoms with van der Waals surface area (Å²) in [7, 11) is 0. The second-order valence-corrected chi connectivity index (χ2v) is 8.17. The molecule has 0 aliphatic rings. The molecule has 0 radical (unpaired) electrons. The van der Waals surface area contributed by atoms with Crippen molar-refractivity contribution in [3.8, 4) is 0 Å². The van der Waals surface area contributed by atoms with Gasteiger partial charge in [-0.25, -0.2) is 0 Å². The summed E-state index contributed by atoms with van der Waals surface area (Å²) in [6.45, 7) is 1.99. The lowest BCUT2D eigenvalue weighted by atomic mass is 10.2. The third-order valence-corrected chi connectivity index (χ3v) is 5.62. The van der Waals surface area contributed by atoms with E-state index in [1.165, 1.54) is 23.1 Å². The van der Waals surface area contributed by atoms with E-state index in [0.29, 0.717) is 20.1 Å². The van der Waals surface area contributed by atoms with E-state index in [-0.39, 0.29) is 17.6 Å². The van der Waals surface area contributed by atoms with Gasteiger partial charge in [0.05, 0.1) is 5.75 Å². The fraction of sp³-hybridized carbons (Fsp3) is 0.111. The Morgan fingerprint density at radius 1 is 1.04 bits per heavy atom. The third-order valence-electron chi connectivity index (χ3n) is 3.40. The van der Waals surface area contributed by atoms with Gasteiger partial charge in [-0.1, -0.05) is 52.4 Å². The van der Waals surface area contributed by atoms with Gasteiger partial charge in [-0.3, -0.25) is 14.9 Å². The van der Waals surface area contributed by atoms with Crippen LogP contribution in [0.5, 0.6) is 0 Å². The van der Waals surface area contributed by atoms with Gasteiger partial charge in [0.25, 0.3) is 5.91 Å². The molecule has 0 spiro atoms. The van der Waals surface area contributed by atoms with Crippen molar-refractivity contribution in [1.82, 2.24) is 10.2 Å². The topological polar surface area (TPSA) is 84.0 Å². The minimum atomic E-state index is -0.295. The second-order valence-electron chi connectivity index (χ2n) is 5.54. The molecule has 6 nitrogen and oxygen atoms in total. The molecule has 27 heavy (non-hydrogen) atoms. The van der Waals surface area contributed by atoms with Crippen molar-refractivity contribution >= 4 is 57.3 Å². The highest BCUT2D eigenvalue weighted by Gasteiger charge is 2.12. The predicted molar refractivity (Wildman–Crippen MR) is 110 cm³/mol. The number of hydrogen-bond donors (Lipinski definition) is 2. The maximum Gasteiger partial charge on any atom is 0.257 e. The molecule has 3 aromatic rings. The molecule has 1 heterocycles. The van der Waals surface area contributed by atoms with E-state index >= 15 is 0 Å². The SMILES string of the molecule is Cc1ccc(NC(=O)CSc2nnc(NC(=O)c3ccc(Cl)cc3)s2)cc1. The standard InChI is InChI=1S/C18H15ClN4O2S2/c1-11-2-8-14(9-3-11)20-15(24)10-26-18-23-22-17(27-18)21-16(25)12-4-6-13(19)7-5-12/h2-9H,10H2,1H3,(H,20,24)(H,21,22,25). The number of rotatable bonds is 6. The van der Waals surface area contributed by atoms with Gasteiger partial charge in [-0.15, -0.1) is 10.2 Å². The lowest BCUT2D eigenvalue weighted by Gasteiger charge is -2.04. The second kappa shape index (κ2) is 8.98. The van der Waals surface area contributed by atoms with E-state index in [1.54, 1.807) is 24.3 Å². The lowest BCUT2D eigenvalue weighted by molar-refractivity contribution is -0.113. The molecule has 0 saturated carbocycles. The fourth-order valence-electron chi connectivity index (χ4n) is 2.05. The van der Waals surface area contributed by atoms with E-state index in [1.807, 2.05) is 31.2 Å². The van der Waals surface area contributed by atoms with Crippen LogP contribution in [0.3, 0.4) is 0 Å². The molecule has 2 amide bonds. The Bertz CT molecular complexity index is 943. The number of nitrogens with one attached hydrogen (secondary N) is 2. The molecule has 3 rings (SSSR count). The van der Waals surface area contributed by atoms with Crippen LogP contribution < -0.4 is 10.6 Å². The molecular formula is C18H15ClN4O2S2. The van der Waals surface area contributed by atoms with Crippen LogP contribution in [-0.4, -0.2) is 27.8 Å². The first-order valence-electron chi connectivity index (χ1n) is 7.89. The van der Waals surface area contributed by atoms with Crippen LogP contribution in [0.4, 0.5) is 10.8 Å². The van der Waals surface area contributed by atoms with Crippen LogP contribution in [0.15, 0.2) is 52.9 Å². The lowest BCUT2D eigenvalue weighted by Crippen LogP contribution is -2.13. The molecule has 0 fully saturated rings. The van der Waals surface area contributed by atoms with Gasteiger partial charge in [0, 0.05) is 16.3 Å². The molecule has 1 aromatic heterocycles. The molecule has 9 heteroatoms. The van der Waals surface area contributed by atoms with Crippen molar-refractivity contribution in [3.05, 3.63) is 64.7 Å². The fourth-order valence-corrected chi connectivity index (χ4v) is 3.72. The van der Waals surface area contributed by atoms with Gasteiger partial charge in [0.15, 0.2) is 4.34 Å². The third kappa shape index (κ3) is 5.78. The van der Waals surface area contributed by atoms with Gasteiger partial charge >= 0.3 is 0 Å². The first-order chi connectivity index (χ1) is 13.0. The zero-order valence-corrected chi connectivity index (χ0v) is 16.6. The number of amides is 2. The van der Waals surface area contributed by atoms with Crippen molar-refractivity contribution in [2.24, 2.45) is 0 Å². The van der Waals surface area contributed by atoms with E-state index in [4.69, 9.17) is 11.6 Å². The Morgan fingerprint density at radius 3 is 2.44 bits per heavy atom. The summed E-state index contributed by atoms with van der Waals surface area (Å²) >= 11 is 8.28. The van der Waals surface area contributed by atoms with Gasteiger partial charge in [0.2, 0.25) is 11.0 Å². The smallest absolute Gasteiger partial charge is 0.257 e. The van der Waals surface area contributed by atoms with Crippen LogP contribution in [0.2, 0.25) is 5.02 Å². The van der Waals surface area contributed by atoms with Gasteiger partial charge < -0.3 is 5.32 Å². The molecule has 0 saturated heterocycles. The number of carbonyl (C=O) groups excluding carboxylic acids is 2. The first kappa shape index (κ1) is 19.3. The Hall–Kier alpha value is -2.42. The van der Waals surface area contributed by atoms with Crippen LogP contribution in [0.25, 0.3) is 0 Å². The first-order valence-corrected chi connectivity index (χ1v) is 10.1. The number of aryl methyl sites for hydroxylation is 1. The van der Waals surface area contributed by atoms with Crippen molar-refractivity contribution in [2.45, 2.75) is 11.3 Å². The maximum absolute atomic E-state index is 12.1. The maximum atomic E-state index is 12.1. The molecule has 2 N–H and O–H groups in total. The normalized spacial score (nSPS) is 10.4. The number of nitrogens with zero attached hydrogens (tertiary/aromatic N) is 2. The molecule has 0 aliphatic carbocycles. The number of benzene rings is 2. The molecule has 0 bridgehead atoms. The largest absolute Gasteiger partial charge is 0.325 e. The Kier molecular flexibility index (Phi) is 6.44. The van der Waals surface area contributed by atoms with Gasteiger partial charge in [-0.2, -0.15) is 0 Å². The number of carbonyl (C=O) groups is 2. The van der Waals surface area contributed by atoms with E-state index in [0.717, 1.165) is 11.3 Å². The van der Waals surface area contributed by atoms with Crippen molar-refractivity contribution in [1.29, 1.82) is 0 Å². The Labute approximate surface area is 169 Å².